The van der Waals surface area contributed by atoms with Gasteiger partial charge >= 0.3 is 6.18 Å². The number of benzene rings is 2. The van der Waals surface area contributed by atoms with Crippen molar-refractivity contribution in [1.29, 1.82) is 0 Å². The summed E-state index contributed by atoms with van der Waals surface area (Å²) < 4.78 is 61.8. The van der Waals surface area contributed by atoms with Gasteiger partial charge in [-0.1, -0.05) is 18.2 Å². The van der Waals surface area contributed by atoms with E-state index in [1.54, 1.807) is 4.83 Å². The molecule has 0 radical (unpaired) electrons. The Kier molecular flexibility index (Phi) is 4.81. The second kappa shape index (κ2) is 6.49. The minimum atomic E-state index is -4.70. The molecular weight excluding hydrogens is 349 g/mol. The molecule has 0 aliphatic heterocycles. The number of sulfonamides is 1. The van der Waals surface area contributed by atoms with Crippen molar-refractivity contribution >= 4 is 15.9 Å². The third kappa shape index (κ3) is 4.03. The lowest BCUT2D eigenvalue weighted by Crippen LogP contribution is -2.41. The largest absolute Gasteiger partial charge is 0.507 e. The van der Waals surface area contributed by atoms with Crippen LogP contribution in [0.4, 0.5) is 13.2 Å². The van der Waals surface area contributed by atoms with Gasteiger partial charge in [0.15, 0.2) is 0 Å². The molecule has 0 atom stereocenters. The molecule has 6 nitrogen and oxygen atoms in total. The number of para-hydroxylation sites is 1. The van der Waals surface area contributed by atoms with E-state index in [2.05, 4.69) is 0 Å². The van der Waals surface area contributed by atoms with Crippen LogP contribution in [0, 0.1) is 0 Å². The fourth-order valence-electron chi connectivity index (χ4n) is 1.75. The molecule has 0 bridgehead atoms. The molecule has 0 saturated heterocycles. The van der Waals surface area contributed by atoms with Crippen molar-refractivity contribution in [2.45, 2.75) is 11.1 Å². The number of hydrogen-bond acceptors (Lipinski definition) is 4. The molecule has 0 spiro atoms. The number of nitrogens with one attached hydrogen (secondary N) is 2. The number of amides is 1. The number of alkyl halides is 3. The van der Waals surface area contributed by atoms with Gasteiger partial charge in [-0.15, -0.1) is 4.83 Å². The van der Waals surface area contributed by atoms with E-state index >= 15 is 0 Å². The Morgan fingerprint density at radius 1 is 1.04 bits per heavy atom. The molecule has 2 rings (SSSR count). The van der Waals surface area contributed by atoms with E-state index < -0.39 is 32.6 Å². The summed E-state index contributed by atoms with van der Waals surface area (Å²) in [6, 6.07) is 8.40. The van der Waals surface area contributed by atoms with Gasteiger partial charge in [0.2, 0.25) is 0 Å². The van der Waals surface area contributed by atoms with E-state index in [-0.39, 0.29) is 11.3 Å². The average molecular weight is 360 g/mol. The summed E-state index contributed by atoms with van der Waals surface area (Å²) in [6.45, 7) is 0. The van der Waals surface area contributed by atoms with Crippen molar-refractivity contribution in [3.8, 4) is 5.75 Å². The maximum absolute atomic E-state index is 12.6. The number of rotatable bonds is 4. The number of phenols is 1. The van der Waals surface area contributed by atoms with Gasteiger partial charge in [0, 0.05) is 0 Å². The average Bonchev–Trinajstić information content (AvgIpc) is 2.52. The van der Waals surface area contributed by atoms with E-state index in [4.69, 9.17) is 0 Å². The maximum Gasteiger partial charge on any atom is 0.416 e. The summed E-state index contributed by atoms with van der Waals surface area (Å²) in [7, 11) is -4.42. The Balaban J connectivity index is 2.18. The van der Waals surface area contributed by atoms with Crippen LogP contribution in [-0.4, -0.2) is 19.4 Å². The first-order chi connectivity index (χ1) is 11.1. The van der Waals surface area contributed by atoms with Crippen molar-refractivity contribution in [3.05, 3.63) is 59.7 Å². The lowest BCUT2D eigenvalue weighted by Gasteiger charge is -2.11. The Morgan fingerprint density at radius 3 is 2.33 bits per heavy atom. The molecule has 0 aliphatic rings. The number of hydrogen-bond donors (Lipinski definition) is 3. The fraction of sp³-hybridized carbons (Fsp3) is 0.0714. The summed E-state index contributed by atoms with van der Waals surface area (Å²) in [6.07, 6.45) is -4.70. The van der Waals surface area contributed by atoms with Gasteiger partial charge in [-0.2, -0.15) is 13.2 Å². The zero-order valence-electron chi connectivity index (χ0n) is 11.8. The topological polar surface area (TPSA) is 95.5 Å². The summed E-state index contributed by atoms with van der Waals surface area (Å²) in [5.41, 5.74) is 0.473. The molecule has 0 heterocycles. The molecule has 2 aromatic carbocycles. The number of phenolic OH excluding ortho intramolecular Hbond substituents is 1. The first-order valence-corrected chi connectivity index (χ1v) is 7.87. The molecule has 24 heavy (non-hydrogen) atoms. The summed E-state index contributed by atoms with van der Waals surface area (Å²) in [4.78, 5) is 12.8. The smallest absolute Gasteiger partial charge is 0.416 e. The maximum atomic E-state index is 12.6. The van der Waals surface area contributed by atoms with Crippen molar-refractivity contribution in [3.63, 3.8) is 0 Å². The van der Waals surface area contributed by atoms with E-state index in [1.165, 1.54) is 24.3 Å². The fourth-order valence-corrected chi connectivity index (χ4v) is 2.63. The van der Waals surface area contributed by atoms with Gasteiger partial charge in [0.25, 0.3) is 15.9 Å². The SMILES string of the molecule is O=C(NNS(=O)(=O)c1cccc(C(F)(F)F)c1)c1ccccc1O. The van der Waals surface area contributed by atoms with Crippen molar-refractivity contribution < 1.29 is 31.5 Å². The van der Waals surface area contributed by atoms with Crippen LogP contribution >= 0.6 is 0 Å². The van der Waals surface area contributed by atoms with E-state index in [0.717, 1.165) is 18.2 Å². The van der Waals surface area contributed by atoms with Gasteiger partial charge < -0.3 is 5.11 Å². The van der Waals surface area contributed by atoms with Gasteiger partial charge in [0.05, 0.1) is 16.0 Å². The standard InChI is InChI=1S/C14H11F3N2O4S/c15-14(16,17)9-4-3-5-10(8-9)24(22,23)19-18-13(21)11-6-1-2-7-12(11)20/h1-8,19-20H,(H,18,21). The zero-order chi connectivity index (χ0) is 18.0. The highest BCUT2D eigenvalue weighted by molar-refractivity contribution is 7.89. The third-order valence-electron chi connectivity index (χ3n) is 2.92. The number of aromatic hydroxyl groups is 1. The Labute approximate surface area is 135 Å². The molecule has 0 aromatic heterocycles. The number of carbonyl (C=O) groups is 1. The molecule has 2 aromatic rings. The van der Waals surface area contributed by atoms with Crippen molar-refractivity contribution in [2.24, 2.45) is 0 Å². The van der Waals surface area contributed by atoms with Crippen molar-refractivity contribution in [2.75, 3.05) is 0 Å². The molecule has 0 saturated carbocycles. The Bertz CT molecular complexity index is 866. The van der Waals surface area contributed by atoms with Gasteiger partial charge in [-0.3, -0.25) is 10.2 Å². The monoisotopic (exact) mass is 360 g/mol. The van der Waals surface area contributed by atoms with E-state index in [9.17, 15) is 31.5 Å². The Morgan fingerprint density at radius 2 is 1.71 bits per heavy atom. The minimum Gasteiger partial charge on any atom is -0.507 e. The second-order valence-electron chi connectivity index (χ2n) is 4.60. The van der Waals surface area contributed by atoms with Crippen LogP contribution in [0.2, 0.25) is 0 Å². The van der Waals surface area contributed by atoms with Crippen LogP contribution in [0.3, 0.4) is 0 Å². The predicted octanol–water partition coefficient (Wildman–Crippen LogP) is 2.03. The highest BCUT2D eigenvalue weighted by atomic mass is 32.2. The van der Waals surface area contributed by atoms with Gasteiger partial charge in [-0.05, 0) is 30.3 Å². The summed E-state index contributed by atoms with van der Waals surface area (Å²) in [5, 5.41) is 9.49. The van der Waals surface area contributed by atoms with E-state index in [0.29, 0.717) is 6.07 Å². The molecule has 0 unspecified atom stereocenters. The summed E-state index contributed by atoms with van der Waals surface area (Å²) in [5.74, 6) is -1.35. The zero-order valence-corrected chi connectivity index (χ0v) is 12.6. The lowest BCUT2D eigenvalue weighted by molar-refractivity contribution is -0.137. The predicted molar refractivity (Wildman–Crippen MR) is 77.3 cm³/mol. The molecule has 3 N–H and O–H groups in total. The Hall–Kier alpha value is -2.59. The van der Waals surface area contributed by atoms with Gasteiger partial charge in [0.1, 0.15) is 5.75 Å². The van der Waals surface area contributed by atoms with Gasteiger partial charge in [-0.25, -0.2) is 8.42 Å². The number of carbonyl (C=O) groups excluding carboxylic acids is 1. The first kappa shape index (κ1) is 17.8. The van der Waals surface area contributed by atoms with Crippen LogP contribution in [0.25, 0.3) is 0 Å². The van der Waals surface area contributed by atoms with Crippen LogP contribution in [-0.2, 0) is 16.2 Å². The molecule has 0 aliphatic carbocycles. The highest BCUT2D eigenvalue weighted by Gasteiger charge is 2.31. The third-order valence-corrected chi connectivity index (χ3v) is 4.16. The molecule has 128 valence electrons. The molecule has 0 fully saturated rings. The lowest BCUT2D eigenvalue weighted by atomic mass is 10.2. The van der Waals surface area contributed by atoms with Crippen LogP contribution < -0.4 is 10.3 Å². The van der Waals surface area contributed by atoms with Crippen LogP contribution in [0.1, 0.15) is 15.9 Å². The number of halogens is 3. The number of hydrazine groups is 1. The quantitative estimate of drug-likeness (QED) is 0.727. The normalized spacial score (nSPS) is 12.0. The van der Waals surface area contributed by atoms with E-state index in [1.807, 2.05) is 5.43 Å². The molecule has 1 amide bonds. The van der Waals surface area contributed by atoms with Crippen LogP contribution in [0.5, 0.6) is 5.75 Å². The highest BCUT2D eigenvalue weighted by Crippen LogP contribution is 2.30. The summed E-state index contributed by atoms with van der Waals surface area (Å²) >= 11 is 0. The first-order valence-electron chi connectivity index (χ1n) is 6.38. The van der Waals surface area contributed by atoms with Crippen LogP contribution in [0.15, 0.2) is 53.4 Å². The minimum absolute atomic E-state index is 0.204. The molecule has 10 heteroatoms. The van der Waals surface area contributed by atoms with Crippen molar-refractivity contribution in [1.82, 2.24) is 10.3 Å². The second-order valence-corrected chi connectivity index (χ2v) is 6.28. The molecular formula is C14H11F3N2O4S.